The first kappa shape index (κ1) is 15.2. The number of nitrogens with one attached hydrogen (secondary N) is 2. The molecule has 1 saturated heterocycles. The fourth-order valence-electron chi connectivity index (χ4n) is 1.59. The van der Waals surface area contributed by atoms with Crippen LogP contribution in [0.4, 0.5) is 0 Å². The van der Waals surface area contributed by atoms with Gasteiger partial charge < -0.3 is 5.32 Å². The maximum absolute atomic E-state index is 11.5. The van der Waals surface area contributed by atoms with Gasteiger partial charge in [-0.2, -0.15) is 0 Å². The zero-order valence-electron chi connectivity index (χ0n) is 9.16. The minimum atomic E-state index is -3.02. The highest BCUT2D eigenvalue weighted by Gasteiger charge is 2.18. The Morgan fingerprint density at radius 2 is 1.93 bits per heavy atom. The summed E-state index contributed by atoms with van der Waals surface area (Å²) in [4.78, 5) is 0. The van der Waals surface area contributed by atoms with Crippen LogP contribution in [-0.4, -0.2) is 33.3 Å². The molecule has 2 N–H and O–H groups in total. The number of rotatable bonds is 5. The number of halogens is 1. The van der Waals surface area contributed by atoms with Gasteiger partial charge in [0.05, 0.1) is 5.75 Å². The van der Waals surface area contributed by atoms with Crippen molar-refractivity contribution < 1.29 is 8.42 Å². The average molecular weight is 257 g/mol. The summed E-state index contributed by atoms with van der Waals surface area (Å²) in [6.45, 7) is 3.84. The Kier molecular flexibility index (Phi) is 7.52. The molecule has 0 aromatic carbocycles. The number of unbranched alkanes of at least 4 members (excludes halogenated alkanes) is 1. The fraction of sp³-hybridized carbons (Fsp3) is 1.00. The molecule has 1 aliphatic rings. The van der Waals surface area contributed by atoms with Crippen LogP contribution in [0.2, 0.25) is 0 Å². The molecular weight excluding hydrogens is 236 g/mol. The normalized spacial score (nSPS) is 18.5. The highest BCUT2D eigenvalue weighted by molar-refractivity contribution is 7.89. The van der Waals surface area contributed by atoms with Crippen LogP contribution in [0.3, 0.4) is 0 Å². The molecule has 0 radical (unpaired) electrons. The van der Waals surface area contributed by atoms with Crippen LogP contribution in [0.1, 0.15) is 32.6 Å². The van der Waals surface area contributed by atoms with Crippen molar-refractivity contribution in [2.75, 3.05) is 18.8 Å². The Bertz CT molecular complexity index is 251. The summed E-state index contributed by atoms with van der Waals surface area (Å²) < 4.78 is 25.8. The summed E-state index contributed by atoms with van der Waals surface area (Å²) >= 11 is 0. The Balaban J connectivity index is 0.00000196. The molecular formula is C9H21ClN2O2S. The molecule has 1 rings (SSSR count). The Hall–Kier alpha value is 0.160. The lowest BCUT2D eigenvalue weighted by atomic mass is 10.1. The lowest BCUT2D eigenvalue weighted by Gasteiger charge is -2.23. The molecule has 0 amide bonds. The van der Waals surface area contributed by atoms with Gasteiger partial charge in [-0.3, -0.25) is 0 Å². The van der Waals surface area contributed by atoms with Crippen molar-refractivity contribution in [2.24, 2.45) is 0 Å². The van der Waals surface area contributed by atoms with E-state index >= 15 is 0 Å². The lowest BCUT2D eigenvalue weighted by molar-refractivity contribution is 0.426. The van der Waals surface area contributed by atoms with E-state index in [1.165, 1.54) is 0 Å². The second-order valence-electron chi connectivity index (χ2n) is 3.81. The molecule has 4 nitrogen and oxygen atoms in total. The molecule has 0 spiro atoms. The molecule has 15 heavy (non-hydrogen) atoms. The Morgan fingerprint density at radius 3 is 2.47 bits per heavy atom. The van der Waals surface area contributed by atoms with Crippen LogP contribution in [0.15, 0.2) is 0 Å². The third-order valence-electron chi connectivity index (χ3n) is 2.45. The van der Waals surface area contributed by atoms with Crippen molar-refractivity contribution in [3.05, 3.63) is 0 Å². The summed E-state index contributed by atoms with van der Waals surface area (Å²) in [5.74, 6) is 0.271. The molecule has 1 fully saturated rings. The second kappa shape index (κ2) is 7.44. The molecule has 6 heteroatoms. The zero-order chi connectivity index (χ0) is 10.4. The van der Waals surface area contributed by atoms with E-state index in [1.54, 1.807) is 0 Å². The van der Waals surface area contributed by atoms with E-state index in [2.05, 4.69) is 10.0 Å². The molecule has 0 atom stereocenters. The molecule has 0 saturated carbocycles. The first-order chi connectivity index (χ1) is 6.64. The van der Waals surface area contributed by atoms with Crippen LogP contribution in [-0.2, 0) is 10.0 Å². The maximum Gasteiger partial charge on any atom is 0.211 e. The fourth-order valence-corrected chi connectivity index (χ4v) is 3.12. The van der Waals surface area contributed by atoms with E-state index in [4.69, 9.17) is 0 Å². The highest BCUT2D eigenvalue weighted by atomic mass is 35.5. The SMILES string of the molecule is CCCCS(=O)(=O)NC1CCNCC1.Cl. The van der Waals surface area contributed by atoms with Gasteiger partial charge in [0, 0.05) is 6.04 Å². The van der Waals surface area contributed by atoms with Gasteiger partial charge in [0.2, 0.25) is 10.0 Å². The van der Waals surface area contributed by atoms with Crippen molar-refractivity contribution >= 4 is 22.4 Å². The minimum absolute atomic E-state index is 0. The number of piperidine rings is 1. The number of sulfonamides is 1. The smallest absolute Gasteiger partial charge is 0.211 e. The standard InChI is InChI=1S/C9H20N2O2S.ClH/c1-2-3-8-14(12,13)11-9-4-6-10-7-5-9;/h9-11H,2-8H2,1H3;1H. The van der Waals surface area contributed by atoms with E-state index in [-0.39, 0.29) is 24.2 Å². The molecule has 1 heterocycles. The van der Waals surface area contributed by atoms with Crippen LogP contribution in [0, 0.1) is 0 Å². The van der Waals surface area contributed by atoms with Gasteiger partial charge in [0.15, 0.2) is 0 Å². The van der Waals surface area contributed by atoms with Crippen LogP contribution >= 0.6 is 12.4 Å². The monoisotopic (exact) mass is 256 g/mol. The molecule has 0 aliphatic carbocycles. The number of hydrogen-bond donors (Lipinski definition) is 2. The van der Waals surface area contributed by atoms with Gasteiger partial charge in [-0.15, -0.1) is 12.4 Å². The van der Waals surface area contributed by atoms with E-state index in [1.807, 2.05) is 6.92 Å². The summed E-state index contributed by atoms with van der Waals surface area (Å²) in [6, 6.07) is 0.151. The van der Waals surface area contributed by atoms with Gasteiger partial charge in [-0.25, -0.2) is 13.1 Å². The van der Waals surface area contributed by atoms with Crippen molar-refractivity contribution in [3.8, 4) is 0 Å². The van der Waals surface area contributed by atoms with E-state index in [9.17, 15) is 8.42 Å². The third kappa shape index (κ3) is 6.35. The van der Waals surface area contributed by atoms with Crippen molar-refractivity contribution in [2.45, 2.75) is 38.6 Å². The minimum Gasteiger partial charge on any atom is -0.317 e. The summed E-state index contributed by atoms with van der Waals surface area (Å²) in [5.41, 5.74) is 0. The third-order valence-corrected chi connectivity index (χ3v) is 3.97. The topological polar surface area (TPSA) is 58.2 Å². The largest absolute Gasteiger partial charge is 0.317 e. The highest BCUT2D eigenvalue weighted by Crippen LogP contribution is 2.04. The molecule has 92 valence electrons. The zero-order valence-corrected chi connectivity index (χ0v) is 10.8. The van der Waals surface area contributed by atoms with Crippen LogP contribution in [0.25, 0.3) is 0 Å². The van der Waals surface area contributed by atoms with Gasteiger partial charge in [0.25, 0.3) is 0 Å². The molecule has 1 aliphatic heterocycles. The lowest BCUT2D eigenvalue weighted by Crippen LogP contribution is -2.43. The molecule has 0 unspecified atom stereocenters. The van der Waals surface area contributed by atoms with Crippen molar-refractivity contribution in [1.29, 1.82) is 0 Å². The van der Waals surface area contributed by atoms with Crippen LogP contribution < -0.4 is 10.0 Å². The van der Waals surface area contributed by atoms with Crippen molar-refractivity contribution in [1.82, 2.24) is 10.0 Å². The first-order valence-corrected chi connectivity index (χ1v) is 7.00. The Labute approximate surface area is 98.7 Å². The first-order valence-electron chi connectivity index (χ1n) is 5.35. The van der Waals surface area contributed by atoms with Gasteiger partial charge in [0.1, 0.15) is 0 Å². The summed E-state index contributed by atoms with van der Waals surface area (Å²) in [6.07, 6.45) is 3.49. The van der Waals surface area contributed by atoms with Gasteiger partial charge in [-0.05, 0) is 32.4 Å². The van der Waals surface area contributed by atoms with E-state index in [0.29, 0.717) is 0 Å². The quantitative estimate of drug-likeness (QED) is 0.768. The van der Waals surface area contributed by atoms with E-state index < -0.39 is 10.0 Å². The molecule has 0 aromatic rings. The van der Waals surface area contributed by atoms with E-state index in [0.717, 1.165) is 38.8 Å². The van der Waals surface area contributed by atoms with Gasteiger partial charge >= 0.3 is 0 Å². The van der Waals surface area contributed by atoms with Crippen molar-refractivity contribution in [3.63, 3.8) is 0 Å². The maximum atomic E-state index is 11.5. The van der Waals surface area contributed by atoms with Crippen LogP contribution in [0.5, 0.6) is 0 Å². The number of hydrogen-bond acceptors (Lipinski definition) is 3. The average Bonchev–Trinajstić information content (AvgIpc) is 2.16. The predicted molar refractivity (Wildman–Crippen MR) is 65.0 cm³/mol. The molecule has 0 bridgehead atoms. The van der Waals surface area contributed by atoms with Gasteiger partial charge in [-0.1, -0.05) is 13.3 Å². The second-order valence-corrected chi connectivity index (χ2v) is 5.69. The predicted octanol–water partition coefficient (Wildman–Crippen LogP) is 0.880. The summed E-state index contributed by atoms with van der Waals surface area (Å²) in [7, 11) is -3.02. The summed E-state index contributed by atoms with van der Waals surface area (Å²) in [5, 5.41) is 3.21. The Morgan fingerprint density at radius 1 is 1.33 bits per heavy atom. The molecule has 0 aromatic heterocycles.